The number of hydrogen-bond donors (Lipinski definition) is 0. The molecule has 1 aliphatic carbocycles. The van der Waals surface area contributed by atoms with Gasteiger partial charge < -0.3 is 14.5 Å². The van der Waals surface area contributed by atoms with Gasteiger partial charge in [0.25, 0.3) is 0 Å². The molecule has 8 heteroatoms. The predicted molar refractivity (Wildman–Crippen MR) is 119 cm³/mol. The third-order valence-electron chi connectivity index (χ3n) is 6.48. The lowest BCUT2D eigenvalue weighted by Crippen LogP contribution is -2.41. The number of amides is 1. The Morgan fingerprint density at radius 1 is 1.10 bits per heavy atom. The van der Waals surface area contributed by atoms with Gasteiger partial charge in [0.15, 0.2) is 0 Å². The lowest BCUT2D eigenvalue weighted by Gasteiger charge is -2.34. The summed E-state index contributed by atoms with van der Waals surface area (Å²) in [5.41, 5.74) is -0.756. The van der Waals surface area contributed by atoms with Gasteiger partial charge in [-0.3, -0.25) is 0 Å². The van der Waals surface area contributed by atoms with Crippen LogP contribution in [0.3, 0.4) is 0 Å². The van der Waals surface area contributed by atoms with E-state index >= 15 is 0 Å². The largest absolute Gasteiger partial charge is 0.416 e. The first kappa shape index (κ1) is 24.2. The molecule has 2 fully saturated rings. The molecule has 0 spiro atoms. The quantitative estimate of drug-likeness (QED) is 0.475. The van der Waals surface area contributed by atoms with Crippen LogP contribution in [0.5, 0.6) is 5.75 Å². The average molecular weight is 459 g/mol. The topological polar surface area (TPSA) is 32.8 Å². The van der Waals surface area contributed by atoms with E-state index in [1.807, 2.05) is 11.8 Å². The van der Waals surface area contributed by atoms with Crippen molar-refractivity contribution < 1.29 is 22.7 Å². The molecule has 1 heterocycles. The van der Waals surface area contributed by atoms with Gasteiger partial charge in [0.05, 0.1) is 5.56 Å². The Balaban J connectivity index is 1.34. The maximum atomic E-state index is 12.6. The molecule has 1 aromatic carbocycles. The van der Waals surface area contributed by atoms with Crippen LogP contribution in [0.1, 0.15) is 50.5 Å². The standard InChI is InChI=1S/C23H33F3N2O2S/c1-27(22(29)30-21-11-7-19(8-12-21)23(24,25)26)20-9-5-18(6-10-20)4-2-3-13-28-14-16-31-17-15-28/h7-8,11-12,18,20H,2-6,9-10,13-17H2,1H3/t18-,20-. The van der Waals surface area contributed by atoms with Crippen molar-refractivity contribution in [2.45, 2.75) is 57.2 Å². The van der Waals surface area contributed by atoms with Crippen molar-refractivity contribution in [3.63, 3.8) is 0 Å². The molecule has 1 saturated heterocycles. The molecule has 1 amide bonds. The Morgan fingerprint density at radius 3 is 2.35 bits per heavy atom. The molecule has 31 heavy (non-hydrogen) atoms. The van der Waals surface area contributed by atoms with Gasteiger partial charge in [-0.25, -0.2) is 4.79 Å². The fraction of sp³-hybridized carbons (Fsp3) is 0.696. The van der Waals surface area contributed by atoms with Gasteiger partial charge in [-0.2, -0.15) is 24.9 Å². The van der Waals surface area contributed by atoms with Crippen molar-refractivity contribution in [3.05, 3.63) is 29.8 Å². The second-order valence-electron chi connectivity index (χ2n) is 8.63. The van der Waals surface area contributed by atoms with Crippen LogP contribution in [-0.4, -0.2) is 60.1 Å². The molecule has 4 nitrogen and oxygen atoms in total. The van der Waals surface area contributed by atoms with Gasteiger partial charge in [-0.15, -0.1) is 0 Å². The fourth-order valence-corrected chi connectivity index (χ4v) is 5.43. The second-order valence-corrected chi connectivity index (χ2v) is 9.85. The van der Waals surface area contributed by atoms with Crippen LogP contribution in [-0.2, 0) is 6.18 Å². The van der Waals surface area contributed by atoms with E-state index in [-0.39, 0.29) is 11.8 Å². The number of nitrogens with zero attached hydrogens (tertiary/aromatic N) is 2. The zero-order chi connectivity index (χ0) is 22.3. The van der Waals surface area contributed by atoms with Crippen LogP contribution in [0.2, 0.25) is 0 Å². The summed E-state index contributed by atoms with van der Waals surface area (Å²) in [6, 6.07) is 4.36. The molecule has 0 atom stereocenters. The first-order valence-electron chi connectivity index (χ1n) is 11.2. The van der Waals surface area contributed by atoms with E-state index in [1.54, 1.807) is 11.9 Å². The van der Waals surface area contributed by atoms with E-state index in [9.17, 15) is 18.0 Å². The van der Waals surface area contributed by atoms with Crippen molar-refractivity contribution in [1.82, 2.24) is 9.80 Å². The SMILES string of the molecule is CN(C(=O)Oc1ccc(C(F)(F)F)cc1)[C@H]1CC[C@H](CCCCN2CCSCC2)CC1. The number of benzene rings is 1. The van der Waals surface area contributed by atoms with Crippen LogP contribution in [0.15, 0.2) is 24.3 Å². The monoisotopic (exact) mass is 458 g/mol. The number of unbranched alkanes of at least 4 members (excludes halogenated alkanes) is 1. The summed E-state index contributed by atoms with van der Waals surface area (Å²) in [4.78, 5) is 16.6. The molecule has 0 unspecified atom stereocenters. The Hall–Kier alpha value is -1.41. The number of thioether (sulfide) groups is 1. The highest BCUT2D eigenvalue weighted by Crippen LogP contribution is 2.32. The number of carbonyl (C=O) groups excluding carboxylic acids is 1. The summed E-state index contributed by atoms with van der Waals surface area (Å²) >= 11 is 2.05. The average Bonchev–Trinajstić information content (AvgIpc) is 2.77. The molecule has 0 N–H and O–H groups in total. The summed E-state index contributed by atoms with van der Waals surface area (Å²) in [5, 5.41) is 0. The zero-order valence-corrected chi connectivity index (χ0v) is 19.0. The highest BCUT2D eigenvalue weighted by atomic mass is 32.2. The molecule has 174 valence electrons. The Morgan fingerprint density at radius 2 is 1.74 bits per heavy atom. The molecule has 1 saturated carbocycles. The lowest BCUT2D eigenvalue weighted by atomic mass is 9.82. The minimum atomic E-state index is -4.40. The summed E-state index contributed by atoms with van der Waals surface area (Å²) in [5.74, 6) is 3.39. The van der Waals surface area contributed by atoms with Gasteiger partial charge in [0.1, 0.15) is 5.75 Å². The van der Waals surface area contributed by atoms with Gasteiger partial charge in [-0.05, 0) is 68.8 Å². The maximum absolute atomic E-state index is 12.6. The van der Waals surface area contributed by atoms with E-state index in [1.165, 1.54) is 62.5 Å². The number of rotatable bonds is 7. The summed E-state index contributed by atoms with van der Waals surface area (Å²) in [6.45, 7) is 3.67. The maximum Gasteiger partial charge on any atom is 0.416 e. The number of halogens is 3. The van der Waals surface area contributed by atoms with Crippen LogP contribution in [0.4, 0.5) is 18.0 Å². The minimum Gasteiger partial charge on any atom is -0.410 e. The van der Waals surface area contributed by atoms with Crippen molar-refractivity contribution in [1.29, 1.82) is 0 Å². The van der Waals surface area contributed by atoms with Crippen molar-refractivity contribution >= 4 is 17.9 Å². The highest BCUT2D eigenvalue weighted by molar-refractivity contribution is 7.99. The van der Waals surface area contributed by atoms with Crippen molar-refractivity contribution in [2.24, 2.45) is 5.92 Å². The van der Waals surface area contributed by atoms with Gasteiger partial charge in [-0.1, -0.05) is 12.8 Å². The molecule has 1 aliphatic heterocycles. The highest BCUT2D eigenvalue weighted by Gasteiger charge is 2.31. The molecule has 1 aromatic rings. The Labute approximate surface area is 187 Å². The normalized spacial score (nSPS) is 22.8. The van der Waals surface area contributed by atoms with E-state index in [0.29, 0.717) is 0 Å². The third-order valence-corrected chi connectivity index (χ3v) is 7.42. The lowest BCUT2D eigenvalue weighted by molar-refractivity contribution is -0.137. The number of carbonyl (C=O) groups is 1. The Bertz CT molecular complexity index is 685. The molecular weight excluding hydrogens is 425 g/mol. The number of hydrogen-bond acceptors (Lipinski definition) is 4. The van der Waals surface area contributed by atoms with Gasteiger partial charge in [0.2, 0.25) is 0 Å². The summed E-state index contributed by atoms with van der Waals surface area (Å²) < 4.78 is 43.2. The van der Waals surface area contributed by atoms with Crippen LogP contribution in [0.25, 0.3) is 0 Å². The van der Waals surface area contributed by atoms with E-state index in [0.717, 1.165) is 43.7 Å². The molecular formula is C23H33F3N2O2S. The molecule has 0 radical (unpaired) electrons. The van der Waals surface area contributed by atoms with Crippen molar-refractivity contribution in [2.75, 3.05) is 38.2 Å². The van der Waals surface area contributed by atoms with Crippen LogP contribution < -0.4 is 4.74 Å². The third kappa shape index (κ3) is 7.59. The predicted octanol–water partition coefficient (Wildman–Crippen LogP) is 5.91. The van der Waals surface area contributed by atoms with Gasteiger partial charge in [0, 0.05) is 37.7 Å². The fourth-order valence-electron chi connectivity index (χ4n) is 4.45. The number of ether oxygens (including phenoxy) is 1. The van der Waals surface area contributed by atoms with E-state index < -0.39 is 17.8 Å². The summed E-state index contributed by atoms with van der Waals surface area (Å²) in [7, 11) is 1.72. The van der Waals surface area contributed by atoms with Crippen LogP contribution in [0, 0.1) is 5.92 Å². The van der Waals surface area contributed by atoms with E-state index in [2.05, 4.69) is 4.90 Å². The second kappa shape index (κ2) is 11.5. The summed E-state index contributed by atoms with van der Waals surface area (Å²) in [6.07, 6.45) is 3.02. The minimum absolute atomic E-state index is 0.129. The molecule has 0 bridgehead atoms. The number of alkyl halides is 3. The van der Waals surface area contributed by atoms with Gasteiger partial charge >= 0.3 is 12.3 Å². The van der Waals surface area contributed by atoms with Crippen LogP contribution >= 0.6 is 11.8 Å². The first-order chi connectivity index (χ1) is 14.8. The molecule has 2 aliphatic rings. The van der Waals surface area contributed by atoms with Crippen molar-refractivity contribution in [3.8, 4) is 5.75 Å². The Kier molecular flexibility index (Phi) is 8.95. The smallest absolute Gasteiger partial charge is 0.410 e. The van der Waals surface area contributed by atoms with E-state index in [4.69, 9.17) is 4.74 Å². The molecule has 3 rings (SSSR count). The first-order valence-corrected chi connectivity index (χ1v) is 12.4. The zero-order valence-electron chi connectivity index (χ0n) is 18.2. The molecule has 0 aromatic heterocycles.